The van der Waals surface area contributed by atoms with Gasteiger partial charge in [0, 0.05) is 11.3 Å². The monoisotopic (exact) mass is 393 g/mol. The molecule has 2 aliphatic rings. The lowest BCUT2D eigenvalue weighted by Gasteiger charge is -2.24. The Morgan fingerprint density at radius 3 is 2.97 bits per heavy atom. The third kappa shape index (κ3) is 3.33. The number of amides is 1. The highest BCUT2D eigenvalue weighted by Gasteiger charge is 2.27. The Labute approximate surface area is 167 Å². The van der Waals surface area contributed by atoms with Crippen molar-refractivity contribution in [2.75, 3.05) is 6.79 Å². The molecule has 0 saturated carbocycles. The van der Waals surface area contributed by atoms with Gasteiger partial charge in [0.15, 0.2) is 11.5 Å². The maximum Gasteiger partial charge on any atom is 0.231 e. The van der Waals surface area contributed by atoms with E-state index >= 15 is 0 Å². The van der Waals surface area contributed by atoms with Crippen molar-refractivity contribution < 1.29 is 18.7 Å². The molecule has 2 heterocycles. The summed E-state index contributed by atoms with van der Waals surface area (Å²) in [5.41, 5.74) is 3.21. The van der Waals surface area contributed by atoms with Crippen LogP contribution in [0.15, 0.2) is 48.7 Å². The first-order valence-corrected chi connectivity index (χ1v) is 9.68. The second-order valence-corrected chi connectivity index (χ2v) is 7.29. The largest absolute Gasteiger partial charge is 0.454 e. The summed E-state index contributed by atoms with van der Waals surface area (Å²) >= 11 is 0. The lowest BCUT2D eigenvalue weighted by molar-refractivity contribution is -0.121. The number of ether oxygens (including phenoxy) is 2. The van der Waals surface area contributed by atoms with Crippen LogP contribution in [0.2, 0.25) is 0 Å². The number of carbonyl (C=O) groups excluding carboxylic acids is 1. The van der Waals surface area contributed by atoms with Crippen LogP contribution >= 0.6 is 0 Å². The molecule has 2 aromatic carbocycles. The lowest BCUT2D eigenvalue weighted by Crippen LogP contribution is -2.32. The quantitative estimate of drug-likeness (QED) is 0.737. The molecule has 1 aromatic heterocycles. The summed E-state index contributed by atoms with van der Waals surface area (Å²) in [6.07, 6.45) is 4.54. The zero-order valence-corrected chi connectivity index (χ0v) is 15.7. The van der Waals surface area contributed by atoms with Crippen LogP contribution in [0.5, 0.6) is 11.5 Å². The molecule has 3 aromatic rings. The zero-order chi connectivity index (χ0) is 19.8. The van der Waals surface area contributed by atoms with Crippen molar-refractivity contribution in [2.45, 2.75) is 31.7 Å². The summed E-state index contributed by atoms with van der Waals surface area (Å²) in [5, 5.41) is 7.52. The molecular weight excluding hydrogens is 373 g/mol. The minimum Gasteiger partial charge on any atom is -0.454 e. The minimum atomic E-state index is -0.313. The summed E-state index contributed by atoms with van der Waals surface area (Å²) < 4.78 is 26.6. The van der Waals surface area contributed by atoms with Gasteiger partial charge in [-0.15, -0.1) is 0 Å². The smallest absolute Gasteiger partial charge is 0.231 e. The van der Waals surface area contributed by atoms with Crippen molar-refractivity contribution in [3.63, 3.8) is 0 Å². The second kappa shape index (κ2) is 7.24. The number of rotatable bonds is 4. The van der Waals surface area contributed by atoms with E-state index in [9.17, 15) is 9.18 Å². The summed E-state index contributed by atoms with van der Waals surface area (Å²) in [6.45, 7) is 0.210. The van der Waals surface area contributed by atoms with Gasteiger partial charge < -0.3 is 14.8 Å². The Hall–Kier alpha value is -3.35. The minimum absolute atomic E-state index is 0.0691. The van der Waals surface area contributed by atoms with Gasteiger partial charge >= 0.3 is 0 Å². The van der Waals surface area contributed by atoms with E-state index in [4.69, 9.17) is 9.47 Å². The van der Waals surface area contributed by atoms with Gasteiger partial charge in [-0.2, -0.15) is 5.10 Å². The second-order valence-electron chi connectivity index (χ2n) is 7.29. The van der Waals surface area contributed by atoms with E-state index in [1.807, 2.05) is 18.2 Å². The molecule has 1 amide bonds. The number of hydrogen-bond donors (Lipinski definition) is 1. The molecule has 0 saturated heterocycles. The van der Waals surface area contributed by atoms with Crippen LogP contribution in [0.3, 0.4) is 0 Å². The van der Waals surface area contributed by atoms with Crippen molar-refractivity contribution in [2.24, 2.45) is 0 Å². The summed E-state index contributed by atoms with van der Waals surface area (Å²) in [6, 6.07) is 12.0. The highest BCUT2D eigenvalue weighted by molar-refractivity contribution is 5.79. The molecule has 6 nitrogen and oxygen atoms in total. The molecule has 0 fully saturated rings. The van der Waals surface area contributed by atoms with Gasteiger partial charge in [0.25, 0.3) is 0 Å². The van der Waals surface area contributed by atoms with Crippen LogP contribution < -0.4 is 14.8 Å². The van der Waals surface area contributed by atoms with Gasteiger partial charge in [0.2, 0.25) is 12.7 Å². The molecule has 0 radical (unpaired) electrons. The number of halogens is 1. The summed E-state index contributed by atoms with van der Waals surface area (Å²) in [5.74, 6) is 0.987. The molecule has 5 rings (SSSR count). The molecule has 0 spiro atoms. The number of benzene rings is 2. The van der Waals surface area contributed by atoms with E-state index in [2.05, 4.69) is 10.4 Å². The average molecular weight is 393 g/mol. The van der Waals surface area contributed by atoms with Crippen molar-refractivity contribution in [1.29, 1.82) is 0 Å². The molecule has 7 heteroatoms. The molecule has 148 valence electrons. The predicted molar refractivity (Wildman–Crippen MR) is 104 cm³/mol. The van der Waals surface area contributed by atoms with Gasteiger partial charge in [-0.3, -0.25) is 4.79 Å². The van der Waals surface area contributed by atoms with E-state index in [-0.39, 0.29) is 31.0 Å². The first-order chi connectivity index (χ1) is 14.2. The fraction of sp³-hybridized carbons (Fsp3) is 0.273. The molecule has 1 aliphatic heterocycles. The highest BCUT2D eigenvalue weighted by atomic mass is 19.1. The van der Waals surface area contributed by atoms with Crippen LogP contribution in [0.4, 0.5) is 4.39 Å². The number of nitrogens with one attached hydrogen (secondary N) is 1. The standard InChI is InChI=1S/C22H20FN3O3/c23-16-4-1-2-6-19(16)26-18-7-3-5-17(15(18)12-24-26)25-22(27)11-14-8-9-20-21(10-14)29-13-28-20/h1-2,4,6,8-10,12,17H,3,5,7,11,13H2,(H,25,27)/t17-/m1/s1. The zero-order valence-electron chi connectivity index (χ0n) is 15.7. The van der Waals surface area contributed by atoms with Crippen LogP contribution in [-0.4, -0.2) is 22.5 Å². The predicted octanol–water partition coefficient (Wildman–Crippen LogP) is 3.48. The molecule has 29 heavy (non-hydrogen) atoms. The van der Waals surface area contributed by atoms with Gasteiger partial charge in [-0.05, 0) is 49.1 Å². The molecule has 0 bridgehead atoms. The van der Waals surface area contributed by atoms with Gasteiger partial charge in [0.1, 0.15) is 11.5 Å². The molecular formula is C22H20FN3O3. The fourth-order valence-corrected chi connectivity index (χ4v) is 4.02. The molecule has 1 N–H and O–H groups in total. The fourth-order valence-electron chi connectivity index (χ4n) is 4.02. The van der Waals surface area contributed by atoms with Crippen molar-refractivity contribution in [1.82, 2.24) is 15.1 Å². The third-order valence-corrected chi connectivity index (χ3v) is 5.40. The van der Waals surface area contributed by atoms with Crippen LogP contribution in [0.25, 0.3) is 5.69 Å². The van der Waals surface area contributed by atoms with Crippen LogP contribution in [-0.2, 0) is 17.6 Å². The number of carbonyl (C=O) groups is 1. The summed E-state index contributed by atoms with van der Waals surface area (Å²) in [7, 11) is 0. The lowest BCUT2D eigenvalue weighted by atomic mass is 9.92. The Balaban J connectivity index is 1.33. The van der Waals surface area contributed by atoms with Gasteiger partial charge in [-0.25, -0.2) is 9.07 Å². The summed E-state index contributed by atoms with van der Waals surface area (Å²) in [4.78, 5) is 12.7. The molecule has 0 unspecified atom stereocenters. The van der Waals surface area contributed by atoms with Crippen molar-refractivity contribution in [3.8, 4) is 17.2 Å². The van der Waals surface area contributed by atoms with Crippen molar-refractivity contribution >= 4 is 5.91 Å². The molecule has 1 aliphatic carbocycles. The van der Waals surface area contributed by atoms with E-state index in [1.165, 1.54) is 6.07 Å². The maximum absolute atomic E-state index is 14.2. The van der Waals surface area contributed by atoms with E-state index in [0.29, 0.717) is 17.2 Å². The average Bonchev–Trinajstić information content (AvgIpc) is 3.35. The van der Waals surface area contributed by atoms with Gasteiger partial charge in [-0.1, -0.05) is 18.2 Å². The first kappa shape index (κ1) is 17.7. The number of nitrogens with zero attached hydrogens (tertiary/aromatic N) is 2. The SMILES string of the molecule is O=C(Cc1ccc2c(c1)OCO2)N[C@@H]1CCCc2c1cnn2-c1ccccc1F. The topological polar surface area (TPSA) is 65.4 Å². The van der Waals surface area contributed by atoms with E-state index in [0.717, 1.165) is 36.1 Å². The Bertz CT molecular complexity index is 1080. The highest BCUT2D eigenvalue weighted by Crippen LogP contribution is 2.33. The van der Waals surface area contributed by atoms with E-state index < -0.39 is 0 Å². The normalized spacial score (nSPS) is 17.1. The molecule has 1 atom stereocenters. The number of para-hydroxylation sites is 1. The maximum atomic E-state index is 14.2. The number of aromatic nitrogens is 2. The first-order valence-electron chi connectivity index (χ1n) is 9.68. The van der Waals surface area contributed by atoms with Crippen LogP contribution in [0.1, 0.15) is 35.7 Å². The van der Waals surface area contributed by atoms with Crippen molar-refractivity contribution in [3.05, 3.63) is 71.3 Å². The van der Waals surface area contributed by atoms with Gasteiger partial charge in [0.05, 0.1) is 18.7 Å². The van der Waals surface area contributed by atoms with Crippen LogP contribution in [0, 0.1) is 5.82 Å². The number of hydrogen-bond acceptors (Lipinski definition) is 4. The van der Waals surface area contributed by atoms with E-state index in [1.54, 1.807) is 29.1 Å². The Morgan fingerprint density at radius 2 is 2.07 bits per heavy atom. The third-order valence-electron chi connectivity index (χ3n) is 5.40. The Morgan fingerprint density at radius 1 is 1.21 bits per heavy atom. The number of fused-ring (bicyclic) bond motifs is 2. The Kier molecular flexibility index (Phi) is 4.42.